The third-order valence-electron chi connectivity index (χ3n) is 4.89. The smallest absolute Gasteiger partial charge is 0.303 e. The van der Waals surface area contributed by atoms with Crippen LogP contribution in [0.15, 0.2) is 47.4 Å². The summed E-state index contributed by atoms with van der Waals surface area (Å²) < 4.78 is 1.48. The minimum atomic E-state index is -0.800. The Balaban J connectivity index is 1.72. The number of aromatic nitrogens is 1. The lowest BCUT2D eigenvalue weighted by molar-refractivity contribution is -0.138. The molecule has 1 aliphatic heterocycles. The molecule has 3 rings (SSSR count). The quantitative estimate of drug-likeness (QED) is 0.854. The molecule has 2 heterocycles. The van der Waals surface area contributed by atoms with Gasteiger partial charge in [-0.25, -0.2) is 0 Å². The molecule has 7 heteroatoms. The Morgan fingerprint density at radius 3 is 2.48 bits per heavy atom. The summed E-state index contributed by atoms with van der Waals surface area (Å²) in [6.07, 6.45) is 3.07. The molecule has 6 nitrogen and oxygen atoms in total. The first-order chi connectivity index (χ1) is 12.9. The van der Waals surface area contributed by atoms with Gasteiger partial charge in [0.05, 0.1) is 12.1 Å². The van der Waals surface area contributed by atoms with Gasteiger partial charge >= 0.3 is 5.97 Å². The number of aliphatic carboxylic acids is 1. The van der Waals surface area contributed by atoms with Crippen LogP contribution in [0.5, 0.6) is 0 Å². The number of carbonyl (C=O) groups is 2. The molecular formula is C20H21ClN2O4. The van der Waals surface area contributed by atoms with E-state index in [9.17, 15) is 14.4 Å². The van der Waals surface area contributed by atoms with Crippen molar-refractivity contribution in [2.75, 3.05) is 13.1 Å². The zero-order chi connectivity index (χ0) is 19.4. The van der Waals surface area contributed by atoms with Crippen LogP contribution in [0.25, 0.3) is 0 Å². The molecule has 1 aromatic heterocycles. The number of benzene rings is 1. The fraction of sp³-hybridized carbons (Fsp3) is 0.350. The van der Waals surface area contributed by atoms with Crippen molar-refractivity contribution in [3.63, 3.8) is 0 Å². The second kappa shape index (κ2) is 8.39. The van der Waals surface area contributed by atoms with E-state index in [1.54, 1.807) is 17.2 Å². The monoisotopic (exact) mass is 388 g/mol. The first-order valence-electron chi connectivity index (χ1n) is 8.89. The zero-order valence-corrected chi connectivity index (χ0v) is 15.6. The predicted octanol–water partition coefficient (Wildman–Crippen LogP) is 2.88. The molecule has 1 aliphatic rings. The van der Waals surface area contributed by atoms with Gasteiger partial charge in [0.25, 0.3) is 11.5 Å². The van der Waals surface area contributed by atoms with E-state index in [0.717, 1.165) is 5.56 Å². The fourth-order valence-corrected chi connectivity index (χ4v) is 3.56. The van der Waals surface area contributed by atoms with Crippen molar-refractivity contribution in [1.29, 1.82) is 0 Å². The molecule has 1 amide bonds. The number of nitrogens with zero attached hydrogens (tertiary/aromatic N) is 2. The molecule has 1 N–H and O–H groups in total. The van der Waals surface area contributed by atoms with Crippen molar-refractivity contribution in [3.05, 3.63) is 69.1 Å². The van der Waals surface area contributed by atoms with Gasteiger partial charge in [0.2, 0.25) is 0 Å². The lowest BCUT2D eigenvalue weighted by Crippen LogP contribution is -2.39. The Hall–Kier alpha value is -2.60. The molecule has 0 radical (unpaired) electrons. The summed E-state index contributed by atoms with van der Waals surface area (Å²) in [6.45, 7) is 1.35. The van der Waals surface area contributed by atoms with E-state index in [2.05, 4.69) is 0 Å². The van der Waals surface area contributed by atoms with E-state index in [1.807, 2.05) is 18.2 Å². The highest BCUT2D eigenvalue weighted by molar-refractivity contribution is 6.31. The second-order valence-corrected chi connectivity index (χ2v) is 7.22. The van der Waals surface area contributed by atoms with E-state index in [-0.39, 0.29) is 23.8 Å². The number of hydrogen-bond acceptors (Lipinski definition) is 3. The summed E-state index contributed by atoms with van der Waals surface area (Å²) >= 11 is 6.17. The highest BCUT2D eigenvalue weighted by atomic mass is 35.5. The first-order valence-corrected chi connectivity index (χ1v) is 9.27. The summed E-state index contributed by atoms with van der Waals surface area (Å²) in [6, 6.07) is 10.2. The van der Waals surface area contributed by atoms with Crippen LogP contribution >= 0.6 is 11.6 Å². The minimum absolute atomic E-state index is 0.112. The largest absolute Gasteiger partial charge is 0.481 e. The van der Waals surface area contributed by atoms with Crippen molar-refractivity contribution >= 4 is 23.5 Å². The molecule has 1 aromatic carbocycles. The summed E-state index contributed by atoms with van der Waals surface area (Å²) in [5.74, 6) is -0.830. The number of likely N-dealkylation sites (tertiary alicyclic amines) is 1. The van der Waals surface area contributed by atoms with E-state index in [1.165, 1.54) is 16.7 Å². The van der Waals surface area contributed by atoms with Gasteiger partial charge in [-0.1, -0.05) is 29.8 Å². The van der Waals surface area contributed by atoms with Crippen LogP contribution in [0.1, 0.15) is 35.2 Å². The number of amides is 1. The lowest BCUT2D eigenvalue weighted by Gasteiger charge is -2.31. The van der Waals surface area contributed by atoms with Crippen LogP contribution in [-0.2, 0) is 11.3 Å². The molecule has 0 aliphatic carbocycles. The summed E-state index contributed by atoms with van der Waals surface area (Å²) in [7, 11) is 0. The van der Waals surface area contributed by atoms with Crippen molar-refractivity contribution in [2.24, 2.45) is 5.92 Å². The van der Waals surface area contributed by atoms with Crippen molar-refractivity contribution < 1.29 is 14.7 Å². The minimum Gasteiger partial charge on any atom is -0.481 e. The summed E-state index contributed by atoms with van der Waals surface area (Å²) in [5.41, 5.74) is 1.05. The average Bonchev–Trinajstić information content (AvgIpc) is 2.65. The van der Waals surface area contributed by atoms with E-state index >= 15 is 0 Å². The van der Waals surface area contributed by atoms with Gasteiger partial charge in [-0.2, -0.15) is 0 Å². The Morgan fingerprint density at radius 2 is 1.81 bits per heavy atom. The average molecular weight is 389 g/mol. The van der Waals surface area contributed by atoms with Crippen LogP contribution in [0.2, 0.25) is 5.02 Å². The van der Waals surface area contributed by atoms with Crippen LogP contribution in [0.3, 0.4) is 0 Å². The number of hydrogen-bond donors (Lipinski definition) is 1. The Labute approximate surface area is 162 Å². The number of piperidine rings is 1. The molecule has 0 unspecified atom stereocenters. The van der Waals surface area contributed by atoms with Gasteiger partial charge in [-0.15, -0.1) is 0 Å². The van der Waals surface area contributed by atoms with E-state index < -0.39 is 5.97 Å². The normalized spacial score (nSPS) is 14.9. The van der Waals surface area contributed by atoms with Crippen LogP contribution in [0, 0.1) is 5.92 Å². The fourth-order valence-electron chi connectivity index (χ4n) is 3.36. The van der Waals surface area contributed by atoms with Gasteiger partial charge in [0, 0.05) is 36.8 Å². The highest BCUT2D eigenvalue weighted by Crippen LogP contribution is 2.22. The van der Waals surface area contributed by atoms with Gasteiger partial charge in [0.1, 0.15) is 0 Å². The van der Waals surface area contributed by atoms with Gasteiger partial charge in [0.15, 0.2) is 0 Å². The van der Waals surface area contributed by atoms with Crippen molar-refractivity contribution in [1.82, 2.24) is 9.47 Å². The molecule has 0 spiro atoms. The number of carboxylic acid groups (broad SMARTS) is 1. The molecule has 0 bridgehead atoms. The maximum atomic E-state index is 12.8. The maximum absolute atomic E-state index is 12.8. The number of rotatable bonds is 5. The predicted molar refractivity (Wildman–Crippen MR) is 102 cm³/mol. The number of carboxylic acids is 1. The van der Waals surface area contributed by atoms with Crippen LogP contribution in [0.4, 0.5) is 0 Å². The molecule has 0 atom stereocenters. The summed E-state index contributed by atoms with van der Waals surface area (Å²) in [5, 5.41) is 9.46. The number of carbonyl (C=O) groups excluding carboxylic acids is 1. The van der Waals surface area contributed by atoms with Crippen LogP contribution < -0.4 is 5.56 Å². The molecule has 27 heavy (non-hydrogen) atoms. The van der Waals surface area contributed by atoms with Gasteiger partial charge < -0.3 is 14.6 Å². The Morgan fingerprint density at radius 1 is 1.11 bits per heavy atom. The Bertz CT molecular complexity index is 901. The molecule has 2 aromatic rings. The number of halogens is 1. The Kier molecular flexibility index (Phi) is 5.96. The lowest BCUT2D eigenvalue weighted by atomic mass is 9.93. The van der Waals surface area contributed by atoms with Gasteiger partial charge in [-0.3, -0.25) is 14.4 Å². The third kappa shape index (κ3) is 4.77. The van der Waals surface area contributed by atoms with E-state index in [0.29, 0.717) is 43.1 Å². The third-order valence-corrected chi connectivity index (χ3v) is 5.26. The van der Waals surface area contributed by atoms with Gasteiger partial charge in [-0.05, 0) is 36.5 Å². The number of pyridine rings is 1. The molecule has 1 fully saturated rings. The topological polar surface area (TPSA) is 79.6 Å². The molecule has 0 saturated carbocycles. The molecular weight excluding hydrogens is 368 g/mol. The first kappa shape index (κ1) is 19.2. The van der Waals surface area contributed by atoms with Crippen molar-refractivity contribution in [2.45, 2.75) is 25.8 Å². The maximum Gasteiger partial charge on any atom is 0.303 e. The SMILES string of the molecule is O=C(O)CC1CCN(C(=O)c2ccc(=O)n(Cc3ccccc3Cl)c2)CC1. The molecule has 142 valence electrons. The standard InChI is InChI=1S/C20H21ClN2O4/c21-17-4-2-1-3-15(17)12-23-13-16(5-6-18(23)24)20(27)22-9-7-14(8-10-22)11-19(25)26/h1-6,13-14H,7-12H2,(H,25,26). The second-order valence-electron chi connectivity index (χ2n) is 6.81. The zero-order valence-electron chi connectivity index (χ0n) is 14.8. The highest BCUT2D eigenvalue weighted by Gasteiger charge is 2.25. The summed E-state index contributed by atoms with van der Waals surface area (Å²) in [4.78, 5) is 37.5. The van der Waals surface area contributed by atoms with Crippen molar-refractivity contribution in [3.8, 4) is 0 Å². The van der Waals surface area contributed by atoms with E-state index in [4.69, 9.17) is 16.7 Å². The molecule has 1 saturated heterocycles. The van der Waals surface area contributed by atoms with Crippen LogP contribution in [-0.4, -0.2) is 39.5 Å².